The van der Waals surface area contributed by atoms with Crippen molar-refractivity contribution >= 4 is 51.7 Å². The fourth-order valence-corrected chi connectivity index (χ4v) is 4.99. The number of thiocarbonyl (C=S) groups is 1. The van der Waals surface area contributed by atoms with Gasteiger partial charge in [-0.3, -0.25) is 18.9 Å². The molecule has 10 heteroatoms. The van der Waals surface area contributed by atoms with Crippen molar-refractivity contribution in [1.29, 1.82) is 0 Å². The molecule has 2 aliphatic heterocycles. The third-order valence-corrected chi connectivity index (χ3v) is 6.72. The van der Waals surface area contributed by atoms with E-state index in [2.05, 4.69) is 10.3 Å². The SMILES string of the molecule is O=C1/C(=C\c2c(NCc3ccco3)nc3ccccn3c2=O)SC(=S)N1CC1CCCO1. The molecule has 0 spiro atoms. The number of anilines is 1. The van der Waals surface area contributed by atoms with Crippen molar-refractivity contribution in [2.45, 2.75) is 25.5 Å². The zero-order valence-corrected chi connectivity index (χ0v) is 18.7. The van der Waals surface area contributed by atoms with Crippen LogP contribution in [0.2, 0.25) is 0 Å². The van der Waals surface area contributed by atoms with Gasteiger partial charge in [0.2, 0.25) is 0 Å². The number of hydrogen-bond donors (Lipinski definition) is 1. The summed E-state index contributed by atoms with van der Waals surface area (Å²) >= 11 is 6.63. The number of furan rings is 1. The van der Waals surface area contributed by atoms with E-state index in [1.807, 2.05) is 12.1 Å². The molecule has 0 saturated carbocycles. The number of carbonyl (C=O) groups excluding carboxylic acids is 1. The van der Waals surface area contributed by atoms with Crippen LogP contribution in [-0.4, -0.2) is 43.8 Å². The summed E-state index contributed by atoms with van der Waals surface area (Å²) in [5.41, 5.74) is 0.516. The second-order valence-corrected chi connectivity index (χ2v) is 9.14. The van der Waals surface area contributed by atoms with E-state index < -0.39 is 0 Å². The number of nitrogens with one attached hydrogen (secondary N) is 1. The van der Waals surface area contributed by atoms with Gasteiger partial charge in [-0.25, -0.2) is 4.98 Å². The zero-order valence-electron chi connectivity index (χ0n) is 17.0. The third kappa shape index (κ3) is 4.08. The van der Waals surface area contributed by atoms with Gasteiger partial charge in [0.25, 0.3) is 11.5 Å². The lowest BCUT2D eigenvalue weighted by Gasteiger charge is -2.18. The highest BCUT2D eigenvalue weighted by Crippen LogP contribution is 2.34. The Bertz CT molecular complexity index is 1260. The monoisotopic (exact) mass is 468 g/mol. The van der Waals surface area contributed by atoms with Crippen LogP contribution < -0.4 is 10.9 Å². The fraction of sp³-hybridized carbons (Fsp3) is 0.273. The Balaban J connectivity index is 1.50. The molecular formula is C22H20N4O4S2. The Kier molecular flexibility index (Phi) is 5.81. The van der Waals surface area contributed by atoms with Crippen LogP contribution in [0.3, 0.4) is 0 Å². The second kappa shape index (κ2) is 8.89. The van der Waals surface area contributed by atoms with Gasteiger partial charge >= 0.3 is 0 Å². The largest absolute Gasteiger partial charge is 0.467 e. The van der Waals surface area contributed by atoms with Gasteiger partial charge in [0.05, 0.1) is 35.9 Å². The normalized spacial score (nSPS) is 20.1. The first-order valence-corrected chi connectivity index (χ1v) is 11.5. The summed E-state index contributed by atoms with van der Waals surface area (Å²) in [6.07, 6.45) is 6.71. The van der Waals surface area contributed by atoms with Gasteiger partial charge in [0.1, 0.15) is 21.5 Å². The van der Waals surface area contributed by atoms with Crippen LogP contribution in [0.25, 0.3) is 11.7 Å². The molecule has 32 heavy (non-hydrogen) atoms. The molecule has 0 aromatic carbocycles. The molecule has 5 heterocycles. The van der Waals surface area contributed by atoms with Crippen molar-refractivity contribution in [3.05, 3.63) is 69.4 Å². The Hall–Kier alpha value is -2.95. The van der Waals surface area contributed by atoms with Crippen LogP contribution >= 0.6 is 24.0 Å². The number of amides is 1. The van der Waals surface area contributed by atoms with Crippen LogP contribution in [-0.2, 0) is 16.1 Å². The molecule has 2 fully saturated rings. The number of nitrogens with zero attached hydrogens (tertiary/aromatic N) is 3. The lowest BCUT2D eigenvalue weighted by Crippen LogP contribution is -2.35. The number of thioether (sulfide) groups is 1. The minimum Gasteiger partial charge on any atom is -0.467 e. The molecule has 1 unspecified atom stereocenters. The summed E-state index contributed by atoms with van der Waals surface area (Å²) in [7, 11) is 0. The number of carbonyl (C=O) groups is 1. The Morgan fingerprint density at radius 2 is 2.19 bits per heavy atom. The first-order chi connectivity index (χ1) is 15.6. The minimum atomic E-state index is -0.276. The van der Waals surface area contributed by atoms with Gasteiger partial charge in [0, 0.05) is 12.8 Å². The maximum atomic E-state index is 13.3. The van der Waals surface area contributed by atoms with E-state index in [4.69, 9.17) is 21.4 Å². The van der Waals surface area contributed by atoms with Crippen molar-refractivity contribution < 1.29 is 13.9 Å². The molecule has 3 aromatic heterocycles. The average Bonchev–Trinajstić information content (AvgIpc) is 3.55. The highest BCUT2D eigenvalue weighted by molar-refractivity contribution is 8.26. The molecule has 1 amide bonds. The topological polar surface area (TPSA) is 89.1 Å². The third-order valence-electron chi connectivity index (χ3n) is 5.34. The van der Waals surface area contributed by atoms with Crippen LogP contribution in [0.4, 0.5) is 5.82 Å². The quantitative estimate of drug-likeness (QED) is 0.436. The first kappa shape index (κ1) is 20.9. The number of fused-ring (bicyclic) bond motifs is 1. The van der Waals surface area contributed by atoms with Gasteiger partial charge in [-0.05, 0) is 43.2 Å². The van der Waals surface area contributed by atoms with Crippen molar-refractivity contribution in [3.8, 4) is 0 Å². The smallest absolute Gasteiger partial charge is 0.267 e. The summed E-state index contributed by atoms with van der Waals surface area (Å²) in [5.74, 6) is 0.862. The molecule has 2 saturated heterocycles. The van der Waals surface area contributed by atoms with Crippen molar-refractivity contribution in [3.63, 3.8) is 0 Å². The van der Waals surface area contributed by atoms with Crippen molar-refractivity contribution in [1.82, 2.24) is 14.3 Å². The molecule has 1 N–H and O–H groups in total. The number of ether oxygens (including phenoxy) is 1. The van der Waals surface area contributed by atoms with E-state index >= 15 is 0 Å². The van der Waals surface area contributed by atoms with Crippen LogP contribution in [0, 0.1) is 0 Å². The number of hydrogen-bond acceptors (Lipinski definition) is 8. The summed E-state index contributed by atoms with van der Waals surface area (Å²) < 4.78 is 12.9. The molecule has 3 aromatic rings. The van der Waals surface area contributed by atoms with Crippen molar-refractivity contribution in [2.75, 3.05) is 18.5 Å². The number of rotatable bonds is 6. The summed E-state index contributed by atoms with van der Waals surface area (Å²) in [6.45, 7) is 1.49. The van der Waals surface area contributed by atoms with Crippen LogP contribution in [0.5, 0.6) is 0 Å². The second-order valence-electron chi connectivity index (χ2n) is 7.47. The highest BCUT2D eigenvalue weighted by Gasteiger charge is 2.35. The molecule has 0 aliphatic carbocycles. The molecule has 1 atom stereocenters. The predicted molar refractivity (Wildman–Crippen MR) is 126 cm³/mol. The molecule has 0 bridgehead atoms. The van der Waals surface area contributed by atoms with Crippen molar-refractivity contribution in [2.24, 2.45) is 0 Å². The zero-order chi connectivity index (χ0) is 22.1. The molecular weight excluding hydrogens is 448 g/mol. The van der Waals surface area contributed by atoms with Gasteiger partial charge in [-0.2, -0.15) is 0 Å². The fourth-order valence-electron chi connectivity index (χ4n) is 3.73. The minimum absolute atomic E-state index is 0.00432. The standard InChI is InChI=1S/C22H20N4O4S2/c27-20-16(11-17-21(28)26(22(31)32-17)13-15-6-4-10-30-15)19(23-12-14-5-3-9-29-14)24-18-7-1-2-8-25(18)20/h1-3,5,7-9,11,15,23H,4,6,10,12-13H2/b17-11+. The predicted octanol–water partition coefficient (Wildman–Crippen LogP) is 3.28. The van der Waals surface area contributed by atoms with E-state index in [1.165, 1.54) is 16.2 Å². The lowest BCUT2D eigenvalue weighted by atomic mass is 10.2. The summed E-state index contributed by atoms with van der Waals surface area (Å²) in [5, 5.41) is 3.17. The maximum Gasteiger partial charge on any atom is 0.267 e. The van der Waals surface area contributed by atoms with E-state index in [9.17, 15) is 9.59 Å². The van der Waals surface area contributed by atoms with E-state index in [0.29, 0.717) is 46.1 Å². The average molecular weight is 469 g/mol. The number of pyridine rings is 1. The van der Waals surface area contributed by atoms with E-state index in [0.717, 1.165) is 12.8 Å². The van der Waals surface area contributed by atoms with Crippen LogP contribution in [0.15, 0.2) is 56.9 Å². The first-order valence-electron chi connectivity index (χ1n) is 10.2. The molecule has 8 nitrogen and oxygen atoms in total. The van der Waals surface area contributed by atoms with Gasteiger partial charge in [-0.1, -0.05) is 30.0 Å². The number of aromatic nitrogens is 2. The highest BCUT2D eigenvalue weighted by atomic mass is 32.2. The van der Waals surface area contributed by atoms with Crippen LogP contribution in [0.1, 0.15) is 24.2 Å². The van der Waals surface area contributed by atoms with Gasteiger partial charge in [0.15, 0.2) is 0 Å². The van der Waals surface area contributed by atoms with Gasteiger partial charge in [-0.15, -0.1) is 0 Å². The Labute approximate surface area is 193 Å². The molecule has 5 rings (SSSR count). The molecule has 164 valence electrons. The lowest BCUT2D eigenvalue weighted by molar-refractivity contribution is -0.123. The molecule has 2 aliphatic rings. The van der Waals surface area contributed by atoms with E-state index in [-0.39, 0.29) is 23.1 Å². The van der Waals surface area contributed by atoms with E-state index in [1.54, 1.807) is 41.6 Å². The Morgan fingerprint density at radius 3 is 2.97 bits per heavy atom. The Morgan fingerprint density at radius 1 is 1.28 bits per heavy atom. The molecule has 0 radical (unpaired) electrons. The summed E-state index contributed by atoms with van der Waals surface area (Å²) in [4.78, 5) is 32.9. The summed E-state index contributed by atoms with van der Waals surface area (Å²) in [6, 6.07) is 8.95. The van der Waals surface area contributed by atoms with Gasteiger partial charge < -0.3 is 14.5 Å². The maximum absolute atomic E-state index is 13.3.